The minimum atomic E-state index is -0.492. The Morgan fingerprint density at radius 2 is 1.89 bits per heavy atom. The van der Waals surface area contributed by atoms with Gasteiger partial charge in [0.2, 0.25) is 0 Å². The molecule has 0 radical (unpaired) electrons. The second kappa shape index (κ2) is 10.4. The Morgan fingerprint density at radius 1 is 1.14 bits per heavy atom. The molecule has 4 aromatic rings. The maximum atomic E-state index is 12.4. The number of rotatable bonds is 5. The summed E-state index contributed by atoms with van der Waals surface area (Å²) in [4.78, 5) is 31.2. The first-order valence-corrected chi connectivity index (χ1v) is 12.9. The molecule has 1 aliphatic heterocycles. The Hall–Kier alpha value is -3.65. The third kappa shape index (κ3) is 5.85. The van der Waals surface area contributed by atoms with Crippen LogP contribution in [-0.2, 0) is 11.3 Å². The molecular formula is C28H31ClN6O2. The maximum Gasteiger partial charge on any atom is 0.410 e. The number of nitrogens with zero attached hydrogens (tertiary/aromatic N) is 4. The van der Waals surface area contributed by atoms with Crippen molar-refractivity contribution < 1.29 is 9.53 Å². The molecule has 4 aromatic heterocycles. The number of aromatic amines is 1. The molecule has 0 spiro atoms. The third-order valence-corrected chi connectivity index (χ3v) is 6.77. The quantitative estimate of drug-likeness (QED) is 0.317. The summed E-state index contributed by atoms with van der Waals surface area (Å²) in [5, 5.41) is 4.93. The lowest BCUT2D eigenvalue weighted by Crippen LogP contribution is -2.41. The lowest BCUT2D eigenvalue weighted by Gasteiger charge is -2.33. The van der Waals surface area contributed by atoms with Crippen LogP contribution < -0.4 is 5.32 Å². The van der Waals surface area contributed by atoms with Gasteiger partial charge >= 0.3 is 6.09 Å². The van der Waals surface area contributed by atoms with Crippen molar-refractivity contribution in [3.8, 4) is 11.3 Å². The second-order valence-electron chi connectivity index (χ2n) is 10.3. The van der Waals surface area contributed by atoms with Gasteiger partial charge in [0.25, 0.3) is 0 Å². The van der Waals surface area contributed by atoms with Gasteiger partial charge in [0.15, 0.2) is 0 Å². The normalized spacial score (nSPS) is 14.6. The van der Waals surface area contributed by atoms with Gasteiger partial charge in [0.1, 0.15) is 17.1 Å². The van der Waals surface area contributed by atoms with E-state index in [-0.39, 0.29) is 6.09 Å². The van der Waals surface area contributed by atoms with Crippen LogP contribution in [0.2, 0.25) is 5.02 Å². The molecule has 9 heteroatoms. The van der Waals surface area contributed by atoms with E-state index in [1.54, 1.807) is 23.5 Å². The highest BCUT2D eigenvalue weighted by Crippen LogP contribution is 2.36. The van der Waals surface area contributed by atoms with Crippen LogP contribution in [0.3, 0.4) is 0 Å². The highest BCUT2D eigenvalue weighted by atomic mass is 35.5. The maximum absolute atomic E-state index is 12.4. The molecule has 1 aliphatic rings. The summed E-state index contributed by atoms with van der Waals surface area (Å²) < 4.78 is 5.54. The van der Waals surface area contributed by atoms with Crippen LogP contribution in [0.25, 0.3) is 22.3 Å². The molecule has 8 nitrogen and oxygen atoms in total. The number of carbonyl (C=O) groups is 1. The number of ether oxygens (including phenoxy) is 1. The molecule has 5 heterocycles. The number of anilines is 1. The summed E-state index contributed by atoms with van der Waals surface area (Å²) >= 11 is 6.62. The molecular weight excluding hydrogens is 488 g/mol. The highest BCUT2D eigenvalue weighted by Gasteiger charge is 2.28. The van der Waals surface area contributed by atoms with Gasteiger partial charge < -0.3 is 19.9 Å². The Labute approximate surface area is 221 Å². The molecule has 1 amide bonds. The summed E-state index contributed by atoms with van der Waals surface area (Å²) in [6.07, 6.45) is 6.79. The first kappa shape index (κ1) is 25.0. The molecule has 37 heavy (non-hydrogen) atoms. The first-order chi connectivity index (χ1) is 17.8. The number of H-pyrrole nitrogens is 1. The van der Waals surface area contributed by atoms with Crippen LogP contribution in [0, 0.1) is 0 Å². The number of pyridine rings is 3. The summed E-state index contributed by atoms with van der Waals surface area (Å²) in [6.45, 7) is 7.63. The van der Waals surface area contributed by atoms with Gasteiger partial charge in [-0.1, -0.05) is 11.6 Å². The molecule has 0 aliphatic carbocycles. The van der Waals surface area contributed by atoms with Gasteiger partial charge in [-0.15, -0.1) is 0 Å². The predicted octanol–water partition coefficient (Wildman–Crippen LogP) is 6.40. The average Bonchev–Trinajstić information content (AvgIpc) is 3.33. The molecule has 1 fully saturated rings. The molecule has 0 saturated carbocycles. The fourth-order valence-corrected chi connectivity index (χ4v) is 4.80. The fourth-order valence-electron chi connectivity index (χ4n) is 4.60. The minimum Gasteiger partial charge on any atom is -0.444 e. The standard InChI is InChI=1S/C28H31ClN6O2/c1-28(2,3)37-27(36)35-14-9-19(10-15-35)23-16-21-20(8-13-31-26(21)33-23)25-22(29)4-5-24(34-25)32-17-18-6-11-30-12-7-18/h4-8,11-13,16,19H,9-10,14-15,17H2,1-3H3,(H,31,33)(H,32,34). The van der Waals surface area contributed by atoms with E-state index < -0.39 is 5.60 Å². The topological polar surface area (TPSA) is 96.0 Å². The zero-order chi connectivity index (χ0) is 26.0. The lowest BCUT2D eigenvalue weighted by atomic mass is 9.93. The van der Waals surface area contributed by atoms with Crippen LogP contribution in [0.4, 0.5) is 10.6 Å². The number of halogens is 1. The third-order valence-electron chi connectivity index (χ3n) is 6.46. The number of amides is 1. The Balaban J connectivity index is 1.34. The molecule has 5 rings (SSSR count). The van der Waals surface area contributed by atoms with Gasteiger partial charge in [-0.05, 0) is 75.6 Å². The predicted molar refractivity (Wildman–Crippen MR) is 146 cm³/mol. The molecule has 1 saturated heterocycles. The molecule has 0 aromatic carbocycles. The summed E-state index contributed by atoms with van der Waals surface area (Å²) in [5.74, 6) is 1.05. The Morgan fingerprint density at radius 3 is 2.62 bits per heavy atom. The van der Waals surface area contributed by atoms with Crippen molar-refractivity contribution in [1.82, 2.24) is 24.8 Å². The van der Waals surface area contributed by atoms with Gasteiger partial charge in [-0.25, -0.2) is 14.8 Å². The minimum absolute atomic E-state index is 0.246. The number of nitrogens with one attached hydrogen (secondary N) is 2. The van der Waals surface area contributed by atoms with Crippen LogP contribution in [-0.4, -0.2) is 49.6 Å². The molecule has 0 bridgehead atoms. The van der Waals surface area contributed by atoms with Crippen molar-refractivity contribution in [3.05, 3.63) is 71.3 Å². The Bertz CT molecular complexity index is 1390. The molecule has 192 valence electrons. The number of carbonyl (C=O) groups excluding carboxylic acids is 1. The van der Waals surface area contributed by atoms with E-state index in [4.69, 9.17) is 21.3 Å². The first-order valence-electron chi connectivity index (χ1n) is 12.5. The average molecular weight is 519 g/mol. The van der Waals surface area contributed by atoms with Gasteiger partial charge in [0, 0.05) is 60.8 Å². The van der Waals surface area contributed by atoms with E-state index in [1.165, 1.54) is 0 Å². The van der Waals surface area contributed by atoms with Crippen LogP contribution >= 0.6 is 11.6 Å². The van der Waals surface area contributed by atoms with Crippen molar-refractivity contribution >= 4 is 34.5 Å². The van der Waals surface area contributed by atoms with Crippen molar-refractivity contribution in [3.63, 3.8) is 0 Å². The number of piperidine rings is 1. The van der Waals surface area contributed by atoms with E-state index in [9.17, 15) is 4.79 Å². The smallest absolute Gasteiger partial charge is 0.410 e. The zero-order valence-electron chi connectivity index (χ0n) is 21.3. The second-order valence-corrected chi connectivity index (χ2v) is 10.7. The SMILES string of the molecule is CC(C)(C)OC(=O)N1CCC(c2cc3c(-c4nc(NCc5ccncc5)ccc4Cl)ccnc3[nH]2)CC1. The number of aromatic nitrogens is 4. The van der Waals surface area contributed by atoms with E-state index in [1.807, 2.05) is 51.1 Å². The van der Waals surface area contributed by atoms with E-state index in [2.05, 4.69) is 26.3 Å². The molecule has 0 unspecified atom stereocenters. The van der Waals surface area contributed by atoms with Crippen molar-refractivity contribution in [2.75, 3.05) is 18.4 Å². The van der Waals surface area contributed by atoms with Crippen molar-refractivity contribution in [1.29, 1.82) is 0 Å². The molecule has 2 N–H and O–H groups in total. The van der Waals surface area contributed by atoms with E-state index in [0.717, 1.165) is 46.5 Å². The number of hydrogen-bond acceptors (Lipinski definition) is 6. The lowest BCUT2D eigenvalue weighted by molar-refractivity contribution is 0.0204. The number of hydrogen-bond donors (Lipinski definition) is 2. The van der Waals surface area contributed by atoms with Gasteiger partial charge in [-0.2, -0.15) is 0 Å². The number of likely N-dealkylation sites (tertiary alicyclic amines) is 1. The van der Waals surface area contributed by atoms with Gasteiger partial charge in [0.05, 0.1) is 10.7 Å². The van der Waals surface area contributed by atoms with Crippen LogP contribution in [0.5, 0.6) is 0 Å². The van der Waals surface area contributed by atoms with Gasteiger partial charge in [-0.3, -0.25) is 4.98 Å². The number of fused-ring (bicyclic) bond motifs is 1. The van der Waals surface area contributed by atoms with Crippen molar-refractivity contribution in [2.24, 2.45) is 0 Å². The zero-order valence-corrected chi connectivity index (χ0v) is 22.0. The van der Waals surface area contributed by atoms with Crippen LogP contribution in [0.1, 0.15) is 50.8 Å². The van der Waals surface area contributed by atoms with Crippen LogP contribution in [0.15, 0.2) is 55.0 Å². The van der Waals surface area contributed by atoms with E-state index in [0.29, 0.717) is 36.3 Å². The fraction of sp³-hybridized carbons (Fsp3) is 0.357. The Kier molecular flexibility index (Phi) is 7.02. The molecule has 0 atom stereocenters. The summed E-state index contributed by atoms with van der Waals surface area (Å²) in [6, 6.07) is 11.8. The van der Waals surface area contributed by atoms with Crippen molar-refractivity contribution in [2.45, 2.75) is 51.7 Å². The summed E-state index contributed by atoms with van der Waals surface area (Å²) in [7, 11) is 0. The largest absolute Gasteiger partial charge is 0.444 e. The van der Waals surface area contributed by atoms with E-state index >= 15 is 0 Å². The monoisotopic (exact) mass is 518 g/mol. The highest BCUT2D eigenvalue weighted by molar-refractivity contribution is 6.33. The summed E-state index contributed by atoms with van der Waals surface area (Å²) in [5.41, 5.74) is 4.17.